The Labute approximate surface area is 143 Å². The quantitative estimate of drug-likeness (QED) is 0.789. The largest absolute Gasteiger partial charge is 0.354 e. The third-order valence-corrected chi connectivity index (χ3v) is 7.60. The van der Waals surface area contributed by atoms with E-state index in [9.17, 15) is 0 Å². The second-order valence-corrected chi connectivity index (χ2v) is 8.70. The molecule has 3 nitrogen and oxygen atoms in total. The molecule has 2 heterocycles. The standard InChI is InChI=1S/C21H25N3/c1-23-13-22-19-12-24(18-5-3-2-4-6-18)21(20(19)23)16-8-14-7-15(10-16)11-17(21)9-14/h2-6,13-17H,7-12H2,1H3. The van der Waals surface area contributed by atoms with E-state index in [0.717, 1.165) is 30.2 Å². The Balaban J connectivity index is 1.59. The molecule has 2 aromatic rings. The van der Waals surface area contributed by atoms with Crippen molar-refractivity contribution in [3.05, 3.63) is 48.0 Å². The van der Waals surface area contributed by atoms with Gasteiger partial charge >= 0.3 is 0 Å². The summed E-state index contributed by atoms with van der Waals surface area (Å²) in [7, 11) is 2.22. The van der Waals surface area contributed by atoms with Crippen LogP contribution < -0.4 is 4.90 Å². The summed E-state index contributed by atoms with van der Waals surface area (Å²) in [5.74, 6) is 3.61. The molecule has 0 amide bonds. The number of hydrogen-bond acceptors (Lipinski definition) is 2. The van der Waals surface area contributed by atoms with Crippen molar-refractivity contribution in [2.45, 2.75) is 44.2 Å². The molecule has 0 unspecified atom stereocenters. The molecule has 5 aliphatic rings. The third kappa shape index (κ3) is 1.47. The van der Waals surface area contributed by atoms with Gasteiger partial charge in [0.1, 0.15) is 0 Å². The molecule has 24 heavy (non-hydrogen) atoms. The van der Waals surface area contributed by atoms with Crippen LogP contribution in [0.5, 0.6) is 0 Å². The Bertz CT molecular complexity index is 763. The molecule has 1 aromatic carbocycles. The predicted molar refractivity (Wildman–Crippen MR) is 94.6 cm³/mol. The zero-order valence-corrected chi connectivity index (χ0v) is 14.4. The van der Waals surface area contributed by atoms with Crippen molar-refractivity contribution < 1.29 is 0 Å². The second-order valence-electron chi connectivity index (χ2n) is 8.70. The first-order valence-electron chi connectivity index (χ1n) is 9.60. The number of para-hydroxylation sites is 1. The maximum atomic E-state index is 4.80. The van der Waals surface area contributed by atoms with Gasteiger partial charge in [0, 0.05) is 12.7 Å². The fourth-order valence-electron chi connectivity index (χ4n) is 7.16. The van der Waals surface area contributed by atoms with Gasteiger partial charge in [0.2, 0.25) is 0 Å². The highest BCUT2D eigenvalue weighted by molar-refractivity contribution is 5.57. The smallest absolute Gasteiger partial charge is 0.0950 e. The molecule has 4 saturated carbocycles. The summed E-state index contributed by atoms with van der Waals surface area (Å²) in [5.41, 5.74) is 4.46. The first-order chi connectivity index (χ1) is 11.8. The van der Waals surface area contributed by atoms with Gasteiger partial charge in [-0.05, 0) is 67.9 Å². The van der Waals surface area contributed by atoms with Crippen LogP contribution in [0.25, 0.3) is 0 Å². The number of anilines is 1. The number of hydrogen-bond donors (Lipinski definition) is 0. The number of imidazole rings is 1. The van der Waals surface area contributed by atoms with Crippen molar-refractivity contribution in [2.24, 2.45) is 30.7 Å². The van der Waals surface area contributed by atoms with Gasteiger partial charge in [-0.25, -0.2) is 4.98 Å². The van der Waals surface area contributed by atoms with Crippen molar-refractivity contribution in [1.29, 1.82) is 0 Å². The number of benzene rings is 1. The molecule has 1 aliphatic heterocycles. The lowest BCUT2D eigenvalue weighted by Gasteiger charge is -2.63. The van der Waals surface area contributed by atoms with Crippen molar-refractivity contribution in [3.8, 4) is 0 Å². The van der Waals surface area contributed by atoms with Crippen molar-refractivity contribution in [2.75, 3.05) is 4.90 Å². The lowest BCUT2D eigenvalue weighted by molar-refractivity contribution is -0.0615. The highest BCUT2D eigenvalue weighted by atomic mass is 15.3. The predicted octanol–water partition coefficient (Wildman–Crippen LogP) is 4.09. The van der Waals surface area contributed by atoms with Crippen LogP contribution in [-0.4, -0.2) is 9.55 Å². The summed E-state index contributed by atoms with van der Waals surface area (Å²) in [6, 6.07) is 11.1. The summed E-state index contributed by atoms with van der Waals surface area (Å²) in [5, 5.41) is 0. The maximum absolute atomic E-state index is 4.80. The Morgan fingerprint density at radius 2 is 1.62 bits per heavy atom. The van der Waals surface area contributed by atoms with E-state index in [4.69, 9.17) is 4.98 Å². The molecule has 7 rings (SSSR count). The van der Waals surface area contributed by atoms with Gasteiger partial charge in [0.05, 0.1) is 29.8 Å². The van der Waals surface area contributed by atoms with Gasteiger partial charge in [-0.3, -0.25) is 0 Å². The van der Waals surface area contributed by atoms with Crippen LogP contribution in [0.2, 0.25) is 0 Å². The fourth-order valence-corrected chi connectivity index (χ4v) is 7.16. The number of aromatic nitrogens is 2. The van der Waals surface area contributed by atoms with E-state index in [1.54, 1.807) is 5.69 Å². The highest BCUT2D eigenvalue weighted by Gasteiger charge is 2.64. The van der Waals surface area contributed by atoms with E-state index in [2.05, 4.69) is 53.2 Å². The van der Waals surface area contributed by atoms with Crippen LogP contribution in [0.15, 0.2) is 36.7 Å². The van der Waals surface area contributed by atoms with E-state index in [1.807, 2.05) is 0 Å². The average Bonchev–Trinajstić information content (AvgIpc) is 3.12. The van der Waals surface area contributed by atoms with E-state index in [-0.39, 0.29) is 5.54 Å². The normalized spacial score (nSPS) is 39.0. The summed E-state index contributed by atoms with van der Waals surface area (Å²) in [6.45, 7) is 0.989. The number of rotatable bonds is 1. The lowest BCUT2D eigenvalue weighted by atomic mass is 9.47. The molecular formula is C21H25N3. The van der Waals surface area contributed by atoms with Crippen molar-refractivity contribution >= 4 is 5.69 Å². The topological polar surface area (TPSA) is 21.1 Å². The SMILES string of the molecule is Cn1cnc2c1C1(C3CC4CC(C3)CC1C4)N(c1ccccc1)C2. The van der Waals surface area contributed by atoms with E-state index < -0.39 is 0 Å². The average molecular weight is 319 g/mol. The maximum Gasteiger partial charge on any atom is 0.0950 e. The van der Waals surface area contributed by atoms with Gasteiger partial charge in [0.25, 0.3) is 0 Å². The van der Waals surface area contributed by atoms with Gasteiger partial charge in [-0.2, -0.15) is 0 Å². The molecule has 3 heteroatoms. The minimum Gasteiger partial charge on any atom is -0.354 e. The molecular weight excluding hydrogens is 294 g/mol. The van der Waals surface area contributed by atoms with E-state index in [1.165, 1.54) is 43.5 Å². The Kier molecular flexibility index (Phi) is 2.50. The lowest BCUT2D eigenvalue weighted by Crippen LogP contribution is -2.62. The molecule has 4 fully saturated rings. The summed E-state index contributed by atoms with van der Waals surface area (Å²) in [4.78, 5) is 7.55. The van der Waals surface area contributed by atoms with Crippen molar-refractivity contribution in [3.63, 3.8) is 0 Å². The van der Waals surface area contributed by atoms with Gasteiger partial charge in [-0.15, -0.1) is 0 Å². The first kappa shape index (κ1) is 13.5. The summed E-state index contributed by atoms with van der Waals surface area (Å²) >= 11 is 0. The molecule has 1 spiro atoms. The first-order valence-corrected chi connectivity index (χ1v) is 9.60. The number of nitrogens with zero attached hydrogens (tertiary/aromatic N) is 3. The third-order valence-electron chi connectivity index (χ3n) is 7.60. The second kappa shape index (κ2) is 4.44. The monoisotopic (exact) mass is 319 g/mol. The number of aryl methyl sites for hydroxylation is 1. The highest BCUT2D eigenvalue weighted by Crippen LogP contribution is 2.66. The van der Waals surface area contributed by atoms with E-state index in [0.29, 0.717) is 0 Å². The molecule has 0 saturated heterocycles. The molecule has 124 valence electrons. The summed E-state index contributed by atoms with van der Waals surface area (Å²) in [6.07, 6.45) is 9.29. The zero-order chi connectivity index (χ0) is 15.9. The van der Waals surface area contributed by atoms with E-state index >= 15 is 0 Å². The van der Waals surface area contributed by atoms with Gasteiger partial charge in [0.15, 0.2) is 0 Å². The van der Waals surface area contributed by atoms with Crippen LogP contribution >= 0.6 is 0 Å². The van der Waals surface area contributed by atoms with Crippen LogP contribution in [-0.2, 0) is 19.1 Å². The molecule has 0 N–H and O–H groups in total. The zero-order valence-electron chi connectivity index (χ0n) is 14.4. The molecule has 4 bridgehead atoms. The number of fused-ring (bicyclic) bond motifs is 1. The van der Waals surface area contributed by atoms with Crippen LogP contribution in [0.3, 0.4) is 0 Å². The molecule has 1 aromatic heterocycles. The minimum atomic E-state index is 0.204. The summed E-state index contributed by atoms with van der Waals surface area (Å²) < 4.78 is 2.35. The van der Waals surface area contributed by atoms with Gasteiger partial charge in [-0.1, -0.05) is 18.2 Å². The minimum absolute atomic E-state index is 0.204. The van der Waals surface area contributed by atoms with Crippen molar-refractivity contribution in [1.82, 2.24) is 9.55 Å². The Morgan fingerprint density at radius 3 is 2.29 bits per heavy atom. The van der Waals surface area contributed by atoms with Crippen LogP contribution in [0.1, 0.15) is 43.5 Å². The van der Waals surface area contributed by atoms with Crippen LogP contribution in [0, 0.1) is 23.7 Å². The Morgan fingerprint density at radius 1 is 0.958 bits per heavy atom. The molecule has 0 atom stereocenters. The Hall–Kier alpha value is -1.77. The van der Waals surface area contributed by atoms with Gasteiger partial charge < -0.3 is 9.47 Å². The molecule has 4 aliphatic carbocycles. The molecule has 0 radical (unpaired) electrons. The van der Waals surface area contributed by atoms with Crippen LogP contribution in [0.4, 0.5) is 5.69 Å². The fraction of sp³-hybridized carbons (Fsp3) is 0.571.